The van der Waals surface area contributed by atoms with Crippen LogP contribution in [-0.2, 0) is 9.47 Å². The van der Waals surface area contributed by atoms with Gasteiger partial charge in [-0.15, -0.1) is 24.0 Å². The van der Waals surface area contributed by atoms with E-state index in [-0.39, 0.29) is 24.0 Å². The highest BCUT2D eigenvalue weighted by Crippen LogP contribution is 2.14. The van der Waals surface area contributed by atoms with Crippen molar-refractivity contribution in [3.05, 3.63) is 0 Å². The molecule has 6 heteroatoms. The Morgan fingerprint density at radius 2 is 2.17 bits per heavy atom. The second kappa shape index (κ2) is 10.8. The monoisotopic (exact) mass is 371 g/mol. The number of ether oxygens (including phenoxy) is 2. The zero-order chi connectivity index (χ0) is 12.5. The first kappa shape index (κ1) is 17.9. The lowest BCUT2D eigenvalue weighted by Gasteiger charge is -2.31. The second-order valence-electron chi connectivity index (χ2n) is 4.54. The van der Waals surface area contributed by atoms with Crippen molar-refractivity contribution in [2.45, 2.75) is 19.8 Å². The summed E-state index contributed by atoms with van der Waals surface area (Å²) in [5.74, 6) is 1.38. The molecule has 0 amide bonds. The summed E-state index contributed by atoms with van der Waals surface area (Å²) >= 11 is 0. The highest BCUT2D eigenvalue weighted by atomic mass is 127. The lowest BCUT2D eigenvalue weighted by molar-refractivity contribution is 0.0747. The van der Waals surface area contributed by atoms with Crippen LogP contribution in [0.4, 0.5) is 0 Å². The molecule has 108 valence electrons. The fraction of sp³-hybridized carbons (Fsp3) is 0.917. The number of likely N-dealkylation sites (tertiary alicyclic amines) is 1. The molecular formula is C12H26IN3O2. The summed E-state index contributed by atoms with van der Waals surface area (Å²) in [5, 5.41) is 0. The molecule has 0 radical (unpaired) electrons. The van der Waals surface area contributed by atoms with Crippen molar-refractivity contribution in [2.75, 3.05) is 46.6 Å². The topological polar surface area (TPSA) is 60.1 Å². The number of guanidine groups is 1. The summed E-state index contributed by atoms with van der Waals surface area (Å²) in [6, 6.07) is 0. The maximum absolute atomic E-state index is 5.95. The molecule has 0 aromatic heterocycles. The van der Waals surface area contributed by atoms with Crippen LogP contribution in [0.3, 0.4) is 0 Å². The number of rotatable bonds is 6. The van der Waals surface area contributed by atoms with Gasteiger partial charge in [-0.25, -0.2) is 0 Å². The van der Waals surface area contributed by atoms with E-state index < -0.39 is 0 Å². The molecule has 0 aliphatic carbocycles. The van der Waals surface area contributed by atoms with Gasteiger partial charge in [0.1, 0.15) is 0 Å². The smallest absolute Gasteiger partial charge is 0.191 e. The van der Waals surface area contributed by atoms with E-state index in [0.717, 1.165) is 19.0 Å². The Hall–Kier alpha value is -0.0800. The van der Waals surface area contributed by atoms with Crippen LogP contribution in [0.25, 0.3) is 0 Å². The standard InChI is InChI=1S/C12H25N3O2.HI/c1-11-4-3-6-15(10-11)12(13)14-5-7-17-9-8-16-2;/h11H,3-10H2,1-2H3,(H2,13,14);1H. The van der Waals surface area contributed by atoms with E-state index in [1.807, 2.05) is 0 Å². The van der Waals surface area contributed by atoms with Crippen molar-refractivity contribution >= 4 is 29.9 Å². The van der Waals surface area contributed by atoms with E-state index in [0.29, 0.717) is 32.3 Å². The van der Waals surface area contributed by atoms with Crippen LogP contribution in [-0.4, -0.2) is 57.4 Å². The Bertz CT molecular complexity index is 239. The van der Waals surface area contributed by atoms with Crippen molar-refractivity contribution in [1.82, 2.24) is 4.90 Å². The van der Waals surface area contributed by atoms with Crippen molar-refractivity contribution < 1.29 is 9.47 Å². The lowest BCUT2D eigenvalue weighted by Crippen LogP contribution is -2.43. The first-order chi connectivity index (χ1) is 8.24. The average Bonchev–Trinajstić information content (AvgIpc) is 2.33. The van der Waals surface area contributed by atoms with Gasteiger partial charge in [0.2, 0.25) is 0 Å². The molecule has 0 aromatic rings. The molecule has 0 saturated carbocycles. The third-order valence-electron chi connectivity index (χ3n) is 2.92. The molecule has 0 bridgehead atoms. The Balaban J connectivity index is 0.00000289. The van der Waals surface area contributed by atoms with Gasteiger partial charge in [-0.1, -0.05) is 6.92 Å². The van der Waals surface area contributed by atoms with Gasteiger partial charge >= 0.3 is 0 Å². The minimum absolute atomic E-state index is 0. The van der Waals surface area contributed by atoms with Gasteiger partial charge < -0.3 is 20.1 Å². The molecule has 1 rings (SSSR count). The van der Waals surface area contributed by atoms with Crippen LogP contribution in [0.5, 0.6) is 0 Å². The Labute approximate surface area is 127 Å². The van der Waals surface area contributed by atoms with E-state index in [1.165, 1.54) is 12.8 Å². The first-order valence-electron chi connectivity index (χ1n) is 6.35. The van der Waals surface area contributed by atoms with Crippen molar-refractivity contribution in [2.24, 2.45) is 16.6 Å². The minimum Gasteiger partial charge on any atom is -0.382 e. The largest absolute Gasteiger partial charge is 0.382 e. The number of hydrogen-bond donors (Lipinski definition) is 1. The number of hydrogen-bond acceptors (Lipinski definition) is 3. The van der Waals surface area contributed by atoms with Gasteiger partial charge in [-0.05, 0) is 18.8 Å². The van der Waals surface area contributed by atoms with Gasteiger partial charge in [0.05, 0.1) is 26.4 Å². The van der Waals surface area contributed by atoms with Crippen molar-refractivity contribution in [3.63, 3.8) is 0 Å². The van der Waals surface area contributed by atoms with Gasteiger partial charge in [0.15, 0.2) is 5.96 Å². The van der Waals surface area contributed by atoms with Crippen molar-refractivity contribution in [1.29, 1.82) is 0 Å². The summed E-state index contributed by atoms with van der Waals surface area (Å²) in [6.07, 6.45) is 2.51. The van der Waals surface area contributed by atoms with Crippen LogP contribution in [0.1, 0.15) is 19.8 Å². The minimum atomic E-state index is 0. The molecular weight excluding hydrogens is 345 g/mol. The maximum atomic E-state index is 5.95. The summed E-state index contributed by atoms with van der Waals surface area (Å²) in [6.45, 7) is 6.79. The number of halogens is 1. The van der Waals surface area contributed by atoms with Gasteiger partial charge in [-0.2, -0.15) is 0 Å². The summed E-state index contributed by atoms with van der Waals surface area (Å²) in [4.78, 5) is 6.50. The molecule has 0 spiro atoms. The van der Waals surface area contributed by atoms with E-state index in [2.05, 4.69) is 16.8 Å². The maximum Gasteiger partial charge on any atom is 0.191 e. The average molecular weight is 371 g/mol. The van der Waals surface area contributed by atoms with Crippen LogP contribution >= 0.6 is 24.0 Å². The highest BCUT2D eigenvalue weighted by molar-refractivity contribution is 14.0. The molecule has 1 heterocycles. The number of nitrogens with two attached hydrogens (primary N) is 1. The van der Waals surface area contributed by atoms with Crippen LogP contribution < -0.4 is 5.73 Å². The molecule has 1 aliphatic rings. The molecule has 2 N–H and O–H groups in total. The Morgan fingerprint density at radius 3 is 2.83 bits per heavy atom. The molecule has 1 atom stereocenters. The lowest BCUT2D eigenvalue weighted by atomic mass is 10.0. The third-order valence-corrected chi connectivity index (χ3v) is 2.92. The second-order valence-corrected chi connectivity index (χ2v) is 4.54. The SMILES string of the molecule is COCCOCCN=C(N)N1CCCC(C)C1.I. The van der Waals surface area contributed by atoms with Crippen molar-refractivity contribution in [3.8, 4) is 0 Å². The van der Waals surface area contributed by atoms with Crippen LogP contribution in [0.15, 0.2) is 4.99 Å². The Kier molecular flexibility index (Phi) is 10.8. The summed E-state index contributed by atoms with van der Waals surface area (Å²) in [5.41, 5.74) is 5.95. The predicted molar refractivity (Wildman–Crippen MR) is 84.6 cm³/mol. The van der Waals surface area contributed by atoms with E-state index in [9.17, 15) is 0 Å². The zero-order valence-corrected chi connectivity index (χ0v) is 13.8. The molecule has 1 fully saturated rings. The summed E-state index contributed by atoms with van der Waals surface area (Å²) in [7, 11) is 1.66. The number of piperidine rings is 1. The quantitative estimate of drug-likeness (QED) is 0.331. The molecule has 1 aliphatic heterocycles. The predicted octanol–water partition coefficient (Wildman–Crippen LogP) is 1.31. The first-order valence-corrected chi connectivity index (χ1v) is 6.35. The van der Waals surface area contributed by atoms with E-state index in [1.54, 1.807) is 7.11 Å². The fourth-order valence-corrected chi connectivity index (χ4v) is 1.97. The highest BCUT2D eigenvalue weighted by Gasteiger charge is 2.17. The molecule has 18 heavy (non-hydrogen) atoms. The van der Waals surface area contributed by atoms with Crippen LogP contribution in [0, 0.1) is 5.92 Å². The number of aliphatic imine (C=N–C) groups is 1. The molecule has 1 saturated heterocycles. The zero-order valence-electron chi connectivity index (χ0n) is 11.4. The Morgan fingerprint density at radius 1 is 1.39 bits per heavy atom. The molecule has 0 aromatic carbocycles. The van der Waals surface area contributed by atoms with Gasteiger partial charge in [-0.3, -0.25) is 4.99 Å². The molecule has 5 nitrogen and oxygen atoms in total. The van der Waals surface area contributed by atoms with Gasteiger partial charge in [0, 0.05) is 20.2 Å². The van der Waals surface area contributed by atoms with E-state index >= 15 is 0 Å². The normalized spacial score (nSPS) is 20.7. The van der Waals surface area contributed by atoms with Gasteiger partial charge in [0.25, 0.3) is 0 Å². The fourth-order valence-electron chi connectivity index (χ4n) is 1.97. The summed E-state index contributed by atoms with van der Waals surface area (Å²) < 4.78 is 10.2. The number of nitrogens with zero attached hydrogens (tertiary/aromatic N) is 2. The third kappa shape index (κ3) is 7.38. The molecule has 1 unspecified atom stereocenters. The van der Waals surface area contributed by atoms with Crippen LogP contribution in [0.2, 0.25) is 0 Å². The number of methoxy groups -OCH3 is 1. The van der Waals surface area contributed by atoms with E-state index in [4.69, 9.17) is 15.2 Å².